The largest absolute Gasteiger partial charge is 0.493 e. The zero-order valence-electron chi connectivity index (χ0n) is 37.3. The van der Waals surface area contributed by atoms with Gasteiger partial charge in [-0.1, -0.05) is 128 Å². The third-order valence-electron chi connectivity index (χ3n) is 10.4. The molecule has 0 fully saturated rings. The van der Waals surface area contributed by atoms with Crippen LogP contribution in [0.15, 0.2) is 134 Å². The van der Waals surface area contributed by atoms with E-state index < -0.39 is 0 Å². The number of aryl methyl sites for hydroxylation is 1. The smallest absolute Gasteiger partial charge is 0.231 e. The minimum absolute atomic E-state index is 0.285. The Bertz CT molecular complexity index is 2440. The third kappa shape index (κ3) is 11.2. The topological polar surface area (TPSA) is 81.8 Å². The van der Waals surface area contributed by atoms with Crippen LogP contribution < -0.4 is 23.7 Å². The summed E-state index contributed by atoms with van der Waals surface area (Å²) in [6, 6.07) is 40.9. The van der Waals surface area contributed by atoms with Gasteiger partial charge < -0.3 is 23.7 Å². The highest BCUT2D eigenvalue weighted by Crippen LogP contribution is 2.43. The van der Waals surface area contributed by atoms with Crippen LogP contribution in [-0.4, -0.2) is 40.3 Å². The lowest BCUT2D eigenvalue weighted by Crippen LogP contribution is -1.93. The van der Waals surface area contributed by atoms with E-state index in [2.05, 4.69) is 134 Å². The van der Waals surface area contributed by atoms with E-state index in [0.29, 0.717) is 30.5 Å². The predicted molar refractivity (Wildman–Crippen MR) is 245 cm³/mol. The van der Waals surface area contributed by atoms with Gasteiger partial charge in [-0.15, -0.1) is 0 Å². The summed E-state index contributed by atoms with van der Waals surface area (Å²) in [5, 5.41) is 9.31. The Kier molecular flexibility index (Phi) is 14.9. The monoisotopic (exact) mass is 820 g/mol. The van der Waals surface area contributed by atoms with Crippen molar-refractivity contribution < 1.29 is 23.7 Å². The van der Waals surface area contributed by atoms with Crippen molar-refractivity contribution in [3.63, 3.8) is 0 Å². The summed E-state index contributed by atoms with van der Waals surface area (Å²) in [6.45, 7) is 20.1. The van der Waals surface area contributed by atoms with Crippen LogP contribution >= 0.6 is 0 Å². The van der Waals surface area contributed by atoms with Crippen molar-refractivity contribution in [3.8, 4) is 51.4 Å². The Hall–Kier alpha value is -6.48. The molecule has 2 aliphatic heterocycles. The van der Waals surface area contributed by atoms with Crippen LogP contribution in [0.5, 0.6) is 28.7 Å². The second-order valence-electron chi connectivity index (χ2n) is 16.2. The van der Waals surface area contributed by atoms with Crippen molar-refractivity contribution in [1.29, 1.82) is 0 Å². The zero-order valence-corrected chi connectivity index (χ0v) is 37.3. The van der Waals surface area contributed by atoms with Crippen molar-refractivity contribution in [3.05, 3.63) is 162 Å². The Morgan fingerprint density at radius 2 is 1.02 bits per heavy atom. The molecule has 7 aromatic rings. The molecule has 9 heteroatoms. The molecule has 0 atom stereocenters. The lowest BCUT2D eigenvalue weighted by molar-refractivity contribution is 0.171. The van der Waals surface area contributed by atoms with Crippen molar-refractivity contribution >= 4 is 0 Å². The number of fused-ring (bicyclic) bond motifs is 2. The number of hydrogen-bond acceptors (Lipinski definition) is 7. The van der Waals surface area contributed by atoms with E-state index in [-0.39, 0.29) is 6.79 Å². The highest BCUT2D eigenvalue weighted by atomic mass is 16.7. The number of aromatic nitrogens is 4. The maximum atomic E-state index is 5.33. The molecule has 0 saturated heterocycles. The normalized spacial score (nSPS) is 12.1. The van der Waals surface area contributed by atoms with E-state index in [1.54, 1.807) is 7.11 Å². The molecule has 0 saturated carbocycles. The van der Waals surface area contributed by atoms with Gasteiger partial charge in [0.2, 0.25) is 19.3 Å². The number of benzene rings is 5. The molecular formula is C52H60N4O5. The Morgan fingerprint density at radius 3 is 1.57 bits per heavy atom. The van der Waals surface area contributed by atoms with Gasteiger partial charge >= 0.3 is 0 Å². The van der Waals surface area contributed by atoms with E-state index in [4.69, 9.17) is 28.8 Å². The summed E-state index contributed by atoms with van der Waals surface area (Å²) < 4.78 is 30.3. The van der Waals surface area contributed by atoms with Gasteiger partial charge in [0.15, 0.2) is 23.0 Å². The number of rotatable bonds is 8. The number of para-hydroxylation sites is 2. The van der Waals surface area contributed by atoms with Gasteiger partial charge in [-0.05, 0) is 95.8 Å². The van der Waals surface area contributed by atoms with Crippen molar-refractivity contribution in [2.24, 2.45) is 0 Å². The van der Waals surface area contributed by atoms with Crippen LogP contribution in [0.4, 0.5) is 0 Å². The minimum atomic E-state index is 0.285. The molecule has 0 radical (unpaired) electrons. The van der Waals surface area contributed by atoms with Gasteiger partial charge in [0.1, 0.15) is 0 Å². The average molecular weight is 821 g/mol. The molecule has 0 bridgehead atoms. The maximum Gasteiger partial charge on any atom is 0.231 e. The first-order chi connectivity index (χ1) is 29.4. The second-order valence-corrected chi connectivity index (χ2v) is 16.2. The van der Waals surface area contributed by atoms with Crippen LogP contribution in [0, 0.1) is 6.92 Å². The molecule has 0 amide bonds. The lowest BCUT2D eigenvalue weighted by Gasteiger charge is -2.10. The molecule has 9 nitrogen and oxygen atoms in total. The van der Waals surface area contributed by atoms with Gasteiger partial charge in [-0.2, -0.15) is 10.2 Å². The lowest BCUT2D eigenvalue weighted by atomic mass is 10.00. The number of ether oxygens (including phenoxy) is 5. The average Bonchev–Trinajstić information content (AvgIpc) is 4.11. The molecule has 9 rings (SSSR count). The van der Waals surface area contributed by atoms with Crippen LogP contribution in [-0.2, 0) is 0 Å². The summed E-state index contributed by atoms with van der Waals surface area (Å²) in [6.07, 6.45) is 4.26. The molecule has 0 unspecified atom stereocenters. The van der Waals surface area contributed by atoms with E-state index in [9.17, 15) is 0 Å². The fourth-order valence-corrected chi connectivity index (χ4v) is 6.85. The van der Waals surface area contributed by atoms with Crippen LogP contribution in [0.25, 0.3) is 22.6 Å². The number of nitrogens with zero attached hydrogens (tertiary/aromatic N) is 4. The standard InChI is InChI=1S/C18H18N2.C13H16N2.C11H14O3.C10H12O2/c1-14(2)17-13-20(16-11-7-4-8-12-16)19-18(17)15-9-5-3-6-10-15;1-10(2)13-9-15(14-11(13)3)12-7-5-4-6-8-12;1-7(2)8-4-9(12-3)11-10(5-8)13-6-14-11;1-7(2)8-3-4-9-10(5-8)12-6-11-9/h3-14H,1-2H3;4-10H,1-3H3;4-5,7H,6H2,1-3H3;3-5,7H,6H2,1-2H3. The predicted octanol–water partition coefficient (Wildman–Crippen LogP) is 13.1. The van der Waals surface area contributed by atoms with Crippen LogP contribution in [0.2, 0.25) is 0 Å². The second kappa shape index (κ2) is 20.7. The molecule has 0 N–H and O–H groups in total. The molecule has 5 aromatic carbocycles. The summed E-state index contributed by atoms with van der Waals surface area (Å²) in [5.74, 6) is 5.97. The minimum Gasteiger partial charge on any atom is -0.493 e. The Morgan fingerprint density at radius 1 is 0.508 bits per heavy atom. The van der Waals surface area contributed by atoms with Crippen LogP contribution in [0.1, 0.15) is 107 Å². The van der Waals surface area contributed by atoms with Crippen LogP contribution in [0.3, 0.4) is 0 Å². The first-order valence-corrected chi connectivity index (χ1v) is 21.1. The van der Waals surface area contributed by atoms with E-state index in [0.717, 1.165) is 51.5 Å². The molecular weight excluding hydrogens is 761 g/mol. The zero-order chi connectivity index (χ0) is 43.5. The van der Waals surface area contributed by atoms with Gasteiger partial charge in [-0.25, -0.2) is 9.36 Å². The number of hydrogen-bond donors (Lipinski definition) is 0. The van der Waals surface area contributed by atoms with Crippen molar-refractivity contribution in [1.82, 2.24) is 19.6 Å². The molecule has 318 valence electrons. The van der Waals surface area contributed by atoms with E-state index >= 15 is 0 Å². The van der Waals surface area contributed by atoms with Gasteiger partial charge in [0, 0.05) is 23.5 Å². The summed E-state index contributed by atoms with van der Waals surface area (Å²) >= 11 is 0. The molecule has 2 aliphatic rings. The van der Waals surface area contributed by atoms with Gasteiger partial charge in [-0.3, -0.25) is 0 Å². The molecule has 4 heterocycles. The van der Waals surface area contributed by atoms with E-state index in [1.165, 1.54) is 27.8 Å². The summed E-state index contributed by atoms with van der Waals surface area (Å²) in [4.78, 5) is 0. The van der Waals surface area contributed by atoms with Gasteiger partial charge in [0.25, 0.3) is 0 Å². The Balaban J connectivity index is 0.000000138. The first-order valence-electron chi connectivity index (χ1n) is 21.1. The summed E-state index contributed by atoms with van der Waals surface area (Å²) in [7, 11) is 1.64. The fourth-order valence-electron chi connectivity index (χ4n) is 6.85. The van der Waals surface area contributed by atoms with Gasteiger partial charge in [0.05, 0.1) is 29.9 Å². The SMILES string of the molecule is CC(C)c1ccc2c(c1)OCO2.CC(C)c1cn(-c2ccccc2)nc1-c1ccccc1.COc1cc(C(C)C)cc2c1OCO2.Cc1nn(-c2ccccc2)cc1C(C)C. The van der Waals surface area contributed by atoms with E-state index in [1.807, 2.05) is 76.1 Å². The summed E-state index contributed by atoms with van der Waals surface area (Å²) in [5.41, 5.74) is 10.7. The van der Waals surface area contributed by atoms with Crippen molar-refractivity contribution in [2.75, 3.05) is 20.7 Å². The molecule has 0 aliphatic carbocycles. The quantitative estimate of drug-likeness (QED) is 0.151. The van der Waals surface area contributed by atoms with Crippen molar-refractivity contribution in [2.45, 2.75) is 86.0 Å². The first kappa shape index (κ1) is 44.1. The fraction of sp³-hybridized carbons (Fsp3) is 0.308. The number of methoxy groups -OCH3 is 1. The maximum absolute atomic E-state index is 5.33. The molecule has 61 heavy (non-hydrogen) atoms. The highest BCUT2D eigenvalue weighted by molar-refractivity contribution is 5.64. The molecule has 0 spiro atoms. The third-order valence-corrected chi connectivity index (χ3v) is 10.4. The Labute approximate surface area is 361 Å². The highest BCUT2D eigenvalue weighted by Gasteiger charge is 2.21. The molecule has 2 aromatic heterocycles.